The molecule has 3 nitrogen and oxygen atoms in total. The van der Waals surface area contributed by atoms with Gasteiger partial charge in [0, 0.05) is 6.54 Å². The average molecular weight is 323 g/mol. The molecule has 2 aromatic rings. The topological polar surface area (TPSA) is 55.1 Å². The van der Waals surface area contributed by atoms with E-state index in [1.54, 1.807) is 25.1 Å². The first-order valence-corrected chi connectivity index (χ1v) is 7.23. The van der Waals surface area contributed by atoms with Crippen LogP contribution in [0.3, 0.4) is 0 Å². The number of rotatable bonds is 5. The maximum absolute atomic E-state index is 11.9. The van der Waals surface area contributed by atoms with Crippen molar-refractivity contribution in [3.8, 4) is 0 Å². The Morgan fingerprint density at radius 2 is 1.81 bits per heavy atom. The highest BCUT2D eigenvalue weighted by molar-refractivity contribution is 6.42. The van der Waals surface area contributed by atoms with Crippen molar-refractivity contribution in [3.63, 3.8) is 0 Å². The zero-order valence-corrected chi connectivity index (χ0v) is 13.1. The lowest BCUT2D eigenvalue weighted by atomic mass is 9.91. The van der Waals surface area contributed by atoms with Crippen LogP contribution >= 0.6 is 23.2 Å². The third-order valence-corrected chi connectivity index (χ3v) is 4.22. The van der Waals surface area contributed by atoms with Crippen LogP contribution < -0.4 is 11.1 Å². The summed E-state index contributed by atoms with van der Waals surface area (Å²) in [4.78, 5) is 11.9. The van der Waals surface area contributed by atoms with E-state index >= 15 is 0 Å². The van der Waals surface area contributed by atoms with Gasteiger partial charge in [-0.3, -0.25) is 10.1 Å². The minimum atomic E-state index is -1.02. The largest absolute Gasteiger partial charge is 0.368 e. The molecular weight excluding hydrogens is 307 g/mol. The Balaban J connectivity index is 2.27. The second-order valence-corrected chi connectivity index (χ2v) is 5.77. The summed E-state index contributed by atoms with van der Waals surface area (Å²) < 4.78 is 0. The van der Waals surface area contributed by atoms with Gasteiger partial charge in [0.2, 0.25) is 5.91 Å². The molecule has 0 saturated heterocycles. The highest BCUT2D eigenvalue weighted by Gasteiger charge is 2.33. The number of carbonyl (C=O) groups is 1. The van der Waals surface area contributed by atoms with Crippen molar-refractivity contribution in [1.29, 1.82) is 0 Å². The number of halogens is 2. The van der Waals surface area contributed by atoms with Crippen LogP contribution in [0, 0.1) is 0 Å². The van der Waals surface area contributed by atoms with Crippen molar-refractivity contribution in [1.82, 2.24) is 5.32 Å². The molecule has 110 valence electrons. The lowest BCUT2D eigenvalue weighted by molar-refractivity contribution is -0.124. The summed E-state index contributed by atoms with van der Waals surface area (Å²) in [5, 5.41) is 4.03. The van der Waals surface area contributed by atoms with Gasteiger partial charge in [0.1, 0.15) is 5.54 Å². The van der Waals surface area contributed by atoms with Crippen LogP contribution in [0.15, 0.2) is 48.5 Å². The first-order valence-electron chi connectivity index (χ1n) is 6.48. The fourth-order valence-corrected chi connectivity index (χ4v) is 2.31. The van der Waals surface area contributed by atoms with Crippen molar-refractivity contribution in [2.24, 2.45) is 5.73 Å². The molecule has 1 atom stereocenters. The quantitative estimate of drug-likeness (QED) is 0.885. The number of nitrogens with one attached hydrogen (secondary N) is 1. The molecule has 3 N–H and O–H groups in total. The standard InChI is InChI=1S/C16H16Cl2N2O/c1-16(15(19)21,12-7-8-13(17)14(18)9-12)20-10-11-5-3-2-4-6-11/h2-9,20H,10H2,1H3,(H2,19,21). The molecule has 0 spiro atoms. The van der Waals surface area contributed by atoms with Crippen LogP contribution in [0.2, 0.25) is 10.0 Å². The van der Waals surface area contributed by atoms with E-state index in [2.05, 4.69) is 5.32 Å². The summed E-state index contributed by atoms with van der Waals surface area (Å²) in [6.45, 7) is 2.25. The molecular formula is C16H16Cl2N2O. The lowest BCUT2D eigenvalue weighted by Gasteiger charge is -2.28. The number of nitrogens with two attached hydrogens (primary N) is 1. The number of amides is 1. The first kappa shape index (κ1) is 15.8. The minimum absolute atomic E-state index is 0.392. The summed E-state index contributed by atoms with van der Waals surface area (Å²) in [6, 6.07) is 14.8. The van der Waals surface area contributed by atoms with Crippen LogP contribution in [0.25, 0.3) is 0 Å². The Bertz CT molecular complexity index is 646. The molecule has 2 rings (SSSR count). The summed E-state index contributed by atoms with van der Waals surface area (Å²) in [6.07, 6.45) is 0. The maximum atomic E-state index is 11.9. The van der Waals surface area contributed by atoms with Crippen molar-refractivity contribution in [2.75, 3.05) is 0 Å². The Kier molecular flexibility index (Phi) is 4.88. The molecule has 0 radical (unpaired) electrons. The summed E-state index contributed by atoms with van der Waals surface area (Å²) in [5.74, 6) is -0.475. The maximum Gasteiger partial charge on any atom is 0.242 e. The van der Waals surface area contributed by atoms with Gasteiger partial charge in [-0.1, -0.05) is 59.6 Å². The molecule has 0 heterocycles. The molecule has 0 aliphatic carbocycles. The second kappa shape index (κ2) is 6.48. The van der Waals surface area contributed by atoms with E-state index in [1.807, 2.05) is 30.3 Å². The smallest absolute Gasteiger partial charge is 0.242 e. The number of benzene rings is 2. The third kappa shape index (κ3) is 3.56. The van der Waals surface area contributed by atoms with E-state index in [0.717, 1.165) is 5.56 Å². The highest BCUT2D eigenvalue weighted by atomic mass is 35.5. The molecule has 1 amide bonds. The van der Waals surface area contributed by atoms with Crippen molar-refractivity contribution >= 4 is 29.1 Å². The van der Waals surface area contributed by atoms with Crippen LogP contribution in [0.1, 0.15) is 18.1 Å². The third-order valence-electron chi connectivity index (χ3n) is 3.48. The molecule has 0 fully saturated rings. The van der Waals surface area contributed by atoms with Crippen LogP contribution in [-0.2, 0) is 16.9 Å². The molecule has 0 bridgehead atoms. The Morgan fingerprint density at radius 3 is 2.38 bits per heavy atom. The van der Waals surface area contributed by atoms with E-state index in [0.29, 0.717) is 22.2 Å². The molecule has 0 aliphatic rings. The number of carbonyl (C=O) groups excluding carboxylic acids is 1. The molecule has 5 heteroatoms. The molecule has 21 heavy (non-hydrogen) atoms. The SMILES string of the molecule is CC(NCc1ccccc1)(C(N)=O)c1ccc(Cl)c(Cl)c1. The van der Waals surface area contributed by atoms with Gasteiger partial charge in [-0.15, -0.1) is 0 Å². The van der Waals surface area contributed by atoms with Crippen molar-refractivity contribution in [2.45, 2.75) is 19.0 Å². The Labute approximate surface area is 134 Å². The molecule has 2 aromatic carbocycles. The minimum Gasteiger partial charge on any atom is -0.368 e. The van der Waals surface area contributed by atoms with Crippen LogP contribution in [0.4, 0.5) is 0 Å². The number of hydrogen-bond acceptors (Lipinski definition) is 2. The van der Waals surface area contributed by atoms with Gasteiger partial charge in [0.05, 0.1) is 10.0 Å². The normalized spacial score (nSPS) is 13.7. The van der Waals surface area contributed by atoms with E-state index in [1.165, 1.54) is 0 Å². The summed E-state index contributed by atoms with van der Waals surface area (Å²) in [7, 11) is 0. The monoisotopic (exact) mass is 322 g/mol. The van der Waals surface area contributed by atoms with Crippen LogP contribution in [0.5, 0.6) is 0 Å². The fourth-order valence-electron chi connectivity index (χ4n) is 2.01. The predicted octanol–water partition coefficient (Wildman–Crippen LogP) is 3.48. The highest BCUT2D eigenvalue weighted by Crippen LogP contribution is 2.29. The van der Waals surface area contributed by atoms with Gasteiger partial charge in [0.15, 0.2) is 0 Å². The zero-order chi connectivity index (χ0) is 15.5. The van der Waals surface area contributed by atoms with Gasteiger partial charge >= 0.3 is 0 Å². The average Bonchev–Trinajstić information content (AvgIpc) is 2.48. The van der Waals surface area contributed by atoms with Gasteiger partial charge in [-0.05, 0) is 30.2 Å². The molecule has 1 unspecified atom stereocenters. The lowest BCUT2D eigenvalue weighted by Crippen LogP contribution is -2.50. The van der Waals surface area contributed by atoms with Crippen LogP contribution in [-0.4, -0.2) is 5.91 Å². The second-order valence-electron chi connectivity index (χ2n) is 4.96. The van der Waals surface area contributed by atoms with E-state index in [9.17, 15) is 4.79 Å². The first-order chi connectivity index (χ1) is 9.93. The van der Waals surface area contributed by atoms with E-state index in [4.69, 9.17) is 28.9 Å². The summed E-state index contributed by atoms with van der Waals surface area (Å²) in [5.41, 5.74) is 6.30. The fraction of sp³-hybridized carbons (Fsp3) is 0.188. The Morgan fingerprint density at radius 1 is 1.14 bits per heavy atom. The molecule has 0 saturated carbocycles. The summed E-state index contributed by atoms with van der Waals surface area (Å²) >= 11 is 11.9. The van der Waals surface area contributed by atoms with Gasteiger partial charge in [-0.25, -0.2) is 0 Å². The van der Waals surface area contributed by atoms with Gasteiger partial charge < -0.3 is 5.73 Å². The molecule has 0 aromatic heterocycles. The zero-order valence-electron chi connectivity index (χ0n) is 11.6. The van der Waals surface area contributed by atoms with E-state index < -0.39 is 11.4 Å². The number of hydrogen-bond donors (Lipinski definition) is 2. The number of primary amides is 1. The predicted molar refractivity (Wildman–Crippen MR) is 86.3 cm³/mol. The van der Waals surface area contributed by atoms with Crippen molar-refractivity contribution in [3.05, 3.63) is 69.7 Å². The van der Waals surface area contributed by atoms with Gasteiger partial charge in [-0.2, -0.15) is 0 Å². The van der Waals surface area contributed by atoms with Crippen molar-refractivity contribution < 1.29 is 4.79 Å². The molecule has 0 aliphatic heterocycles. The Hall–Kier alpha value is -1.55. The van der Waals surface area contributed by atoms with E-state index in [-0.39, 0.29) is 0 Å². The van der Waals surface area contributed by atoms with Gasteiger partial charge in [0.25, 0.3) is 0 Å².